The van der Waals surface area contributed by atoms with Gasteiger partial charge in [0.05, 0.1) is 11.9 Å². The minimum Gasteiger partial charge on any atom is -0.346 e. The van der Waals surface area contributed by atoms with Crippen LogP contribution in [-0.4, -0.2) is 98.2 Å². The Labute approximate surface area is 237 Å². The standard InChI is InChI=1S/C29H35F2N9O/c1-37(2)13-19-9-20(26(30)31)11-21(10-19)28(41)38-7-4-23(5-8-38)39-16-29(15-32,17-39)40-14-22(12-36-40)25-24-3-6-33-27(24)35-18-34-25/h3,6,9-12,14,18,23,26H,4-5,7-8,13,15-17,32H2,1-2H3,(H,33,34,35). The van der Waals surface area contributed by atoms with Gasteiger partial charge in [-0.05, 0) is 56.8 Å². The van der Waals surface area contributed by atoms with E-state index in [9.17, 15) is 13.6 Å². The number of fused-ring (bicyclic) bond motifs is 1. The van der Waals surface area contributed by atoms with Crippen LogP contribution in [0.1, 0.15) is 40.8 Å². The van der Waals surface area contributed by atoms with Crippen LogP contribution in [0.5, 0.6) is 0 Å². The van der Waals surface area contributed by atoms with Crippen molar-refractivity contribution in [3.63, 3.8) is 0 Å². The molecule has 4 aromatic rings. The van der Waals surface area contributed by atoms with Crippen molar-refractivity contribution < 1.29 is 13.6 Å². The van der Waals surface area contributed by atoms with E-state index in [1.165, 1.54) is 12.1 Å². The molecule has 2 aliphatic rings. The number of halogens is 2. The summed E-state index contributed by atoms with van der Waals surface area (Å²) in [5.74, 6) is -0.184. The summed E-state index contributed by atoms with van der Waals surface area (Å²) in [6.45, 7) is 3.68. The molecule has 12 heteroatoms. The normalized spacial score (nSPS) is 18.0. The van der Waals surface area contributed by atoms with E-state index in [1.807, 2.05) is 48.3 Å². The summed E-state index contributed by atoms with van der Waals surface area (Å²) in [6, 6.07) is 6.85. The molecule has 1 aromatic carbocycles. The van der Waals surface area contributed by atoms with Crippen LogP contribution in [0.15, 0.2) is 49.2 Å². The van der Waals surface area contributed by atoms with Gasteiger partial charge in [-0.25, -0.2) is 18.7 Å². The van der Waals surface area contributed by atoms with Crippen molar-refractivity contribution in [3.05, 3.63) is 65.9 Å². The SMILES string of the molecule is CN(C)Cc1cc(C(=O)N2CCC(N3CC(CN)(n4cc(-c5ncnc6[nH]ccc56)cn4)C3)CC2)cc(C(F)F)c1. The van der Waals surface area contributed by atoms with Gasteiger partial charge < -0.3 is 20.5 Å². The predicted molar refractivity (Wildman–Crippen MR) is 151 cm³/mol. The minimum absolute atomic E-state index is 0.111. The van der Waals surface area contributed by atoms with Crippen LogP contribution in [0.25, 0.3) is 22.3 Å². The van der Waals surface area contributed by atoms with E-state index in [4.69, 9.17) is 5.73 Å². The number of H-pyrrole nitrogens is 1. The number of nitrogens with one attached hydrogen (secondary N) is 1. The lowest BCUT2D eigenvalue weighted by molar-refractivity contribution is -0.0385. The first kappa shape index (κ1) is 27.4. The molecule has 3 aromatic heterocycles. The van der Waals surface area contributed by atoms with Crippen molar-refractivity contribution in [3.8, 4) is 11.3 Å². The third-order valence-corrected chi connectivity index (χ3v) is 8.35. The molecule has 0 saturated carbocycles. The second kappa shape index (κ2) is 10.9. The summed E-state index contributed by atoms with van der Waals surface area (Å²) in [5.41, 5.74) is 9.45. The largest absolute Gasteiger partial charge is 0.346 e. The Hall–Kier alpha value is -3.74. The van der Waals surface area contributed by atoms with Gasteiger partial charge in [0.2, 0.25) is 0 Å². The number of piperidine rings is 1. The lowest BCUT2D eigenvalue weighted by Crippen LogP contribution is -2.69. The van der Waals surface area contributed by atoms with Gasteiger partial charge >= 0.3 is 0 Å². The van der Waals surface area contributed by atoms with E-state index in [0.29, 0.717) is 43.3 Å². The van der Waals surface area contributed by atoms with Gasteiger partial charge in [-0.15, -0.1) is 0 Å². The molecule has 10 nitrogen and oxygen atoms in total. The van der Waals surface area contributed by atoms with E-state index < -0.39 is 6.43 Å². The smallest absolute Gasteiger partial charge is 0.263 e. The Morgan fingerprint density at radius 1 is 1.20 bits per heavy atom. The van der Waals surface area contributed by atoms with Gasteiger partial charge in [0.25, 0.3) is 12.3 Å². The van der Waals surface area contributed by atoms with Crippen molar-refractivity contribution in [2.75, 3.05) is 46.8 Å². The minimum atomic E-state index is -2.62. The summed E-state index contributed by atoms with van der Waals surface area (Å²) in [6.07, 6.45) is 6.25. The first-order chi connectivity index (χ1) is 19.8. The third kappa shape index (κ3) is 5.22. The number of carbonyl (C=O) groups excluding carboxylic acids is 1. The zero-order valence-electron chi connectivity index (χ0n) is 23.3. The van der Waals surface area contributed by atoms with Crippen LogP contribution in [-0.2, 0) is 12.1 Å². The molecular weight excluding hydrogens is 528 g/mol. The lowest BCUT2D eigenvalue weighted by Gasteiger charge is -2.54. The highest BCUT2D eigenvalue weighted by Crippen LogP contribution is 2.35. The number of benzene rings is 1. The first-order valence-electron chi connectivity index (χ1n) is 13.9. The van der Waals surface area contributed by atoms with Crippen LogP contribution in [0, 0.1) is 0 Å². The van der Waals surface area contributed by atoms with Gasteiger partial charge in [0.15, 0.2) is 0 Å². The van der Waals surface area contributed by atoms with E-state index in [1.54, 1.807) is 17.3 Å². The number of nitrogens with two attached hydrogens (primary N) is 1. The van der Waals surface area contributed by atoms with E-state index in [2.05, 4.69) is 25.0 Å². The summed E-state index contributed by atoms with van der Waals surface area (Å²) < 4.78 is 29.1. The number of amides is 1. The number of rotatable bonds is 8. The maximum absolute atomic E-state index is 13.5. The van der Waals surface area contributed by atoms with E-state index in [-0.39, 0.29) is 17.0 Å². The molecule has 2 saturated heterocycles. The van der Waals surface area contributed by atoms with Crippen LogP contribution in [0.3, 0.4) is 0 Å². The Bertz CT molecular complexity index is 1530. The molecule has 0 spiro atoms. The van der Waals surface area contributed by atoms with Crippen molar-refractivity contribution in [2.24, 2.45) is 5.73 Å². The molecule has 41 heavy (non-hydrogen) atoms. The van der Waals surface area contributed by atoms with Gasteiger partial charge in [0.1, 0.15) is 17.5 Å². The van der Waals surface area contributed by atoms with E-state index >= 15 is 0 Å². The molecule has 3 N–H and O–H groups in total. The lowest BCUT2D eigenvalue weighted by atomic mass is 9.86. The van der Waals surface area contributed by atoms with Crippen molar-refractivity contribution in [2.45, 2.75) is 37.4 Å². The number of aromatic amines is 1. The van der Waals surface area contributed by atoms with Gasteiger partial charge in [-0.3, -0.25) is 14.4 Å². The number of alkyl halides is 2. The molecule has 1 amide bonds. The van der Waals surface area contributed by atoms with Gasteiger partial charge in [-0.2, -0.15) is 5.10 Å². The summed E-state index contributed by atoms with van der Waals surface area (Å²) in [7, 11) is 3.75. The van der Waals surface area contributed by atoms with E-state index in [0.717, 1.165) is 48.2 Å². The predicted octanol–water partition coefficient (Wildman–Crippen LogP) is 3.10. The summed E-state index contributed by atoms with van der Waals surface area (Å²) in [4.78, 5) is 31.3. The van der Waals surface area contributed by atoms with Crippen LogP contribution < -0.4 is 5.73 Å². The zero-order valence-corrected chi connectivity index (χ0v) is 23.3. The number of hydrogen-bond donors (Lipinski definition) is 2. The molecule has 0 radical (unpaired) electrons. The van der Waals surface area contributed by atoms with Gasteiger partial charge in [0, 0.05) is 79.8 Å². The monoisotopic (exact) mass is 563 g/mol. The Morgan fingerprint density at radius 3 is 2.68 bits per heavy atom. The Kier molecular flexibility index (Phi) is 7.30. The molecule has 0 aliphatic carbocycles. The molecule has 2 fully saturated rings. The Balaban J connectivity index is 1.09. The average Bonchev–Trinajstić information content (AvgIpc) is 3.63. The number of carbonyl (C=O) groups is 1. The fourth-order valence-electron chi connectivity index (χ4n) is 6.18. The summed E-state index contributed by atoms with van der Waals surface area (Å²) >= 11 is 0. The first-order valence-corrected chi connectivity index (χ1v) is 13.9. The maximum Gasteiger partial charge on any atom is 0.263 e. The number of hydrogen-bond acceptors (Lipinski definition) is 7. The number of nitrogens with zero attached hydrogens (tertiary/aromatic N) is 7. The van der Waals surface area contributed by atoms with Crippen molar-refractivity contribution in [1.82, 2.24) is 39.4 Å². The maximum atomic E-state index is 13.5. The highest BCUT2D eigenvalue weighted by Gasteiger charge is 2.47. The molecule has 216 valence electrons. The fourth-order valence-corrected chi connectivity index (χ4v) is 6.18. The molecule has 2 aliphatic heterocycles. The Morgan fingerprint density at radius 2 is 1.98 bits per heavy atom. The average molecular weight is 564 g/mol. The molecular formula is C29H35F2N9O. The third-order valence-electron chi connectivity index (χ3n) is 8.35. The molecule has 6 rings (SSSR count). The molecule has 0 bridgehead atoms. The van der Waals surface area contributed by atoms with Crippen LogP contribution in [0.4, 0.5) is 8.78 Å². The fraction of sp³-hybridized carbons (Fsp3) is 0.448. The van der Waals surface area contributed by atoms with Crippen LogP contribution >= 0.6 is 0 Å². The second-order valence-corrected chi connectivity index (χ2v) is 11.5. The topological polar surface area (TPSA) is 112 Å². The van der Waals surface area contributed by atoms with Crippen molar-refractivity contribution >= 4 is 16.9 Å². The quantitative estimate of drug-likeness (QED) is 0.339. The highest BCUT2D eigenvalue weighted by molar-refractivity contribution is 5.94. The number of aromatic nitrogens is 5. The number of likely N-dealkylation sites (tertiary alicyclic amines) is 2. The summed E-state index contributed by atoms with van der Waals surface area (Å²) in [5, 5.41) is 5.62. The second-order valence-electron chi connectivity index (χ2n) is 11.5. The van der Waals surface area contributed by atoms with Crippen molar-refractivity contribution in [1.29, 1.82) is 0 Å². The molecule has 0 unspecified atom stereocenters. The van der Waals surface area contributed by atoms with Crippen LogP contribution in [0.2, 0.25) is 0 Å². The van der Waals surface area contributed by atoms with Gasteiger partial charge in [-0.1, -0.05) is 0 Å². The highest BCUT2D eigenvalue weighted by atomic mass is 19.3. The molecule has 0 atom stereocenters. The zero-order chi connectivity index (χ0) is 28.7. The molecule has 5 heterocycles.